The van der Waals surface area contributed by atoms with Crippen LogP contribution in [0.5, 0.6) is 5.75 Å². The molecule has 3 amide bonds. The van der Waals surface area contributed by atoms with Crippen LogP contribution in [-0.4, -0.2) is 71.2 Å². The zero-order chi connectivity index (χ0) is 24.0. The second kappa shape index (κ2) is 8.80. The summed E-state index contributed by atoms with van der Waals surface area (Å²) >= 11 is 0. The summed E-state index contributed by atoms with van der Waals surface area (Å²) in [5.74, 6) is 1.14. The largest absolute Gasteiger partial charge is 0.497 e. The molecule has 3 N–H and O–H groups in total. The summed E-state index contributed by atoms with van der Waals surface area (Å²) < 4.78 is 5.42. The molecule has 0 bridgehead atoms. The van der Waals surface area contributed by atoms with Crippen molar-refractivity contribution in [2.75, 3.05) is 33.4 Å². The molecule has 0 unspecified atom stereocenters. The number of carbonyl (C=O) groups is 2. The van der Waals surface area contributed by atoms with Crippen LogP contribution < -0.4 is 10.1 Å². The lowest BCUT2D eigenvalue weighted by Crippen LogP contribution is -2.69. The van der Waals surface area contributed by atoms with E-state index < -0.39 is 6.04 Å². The molecule has 1 aromatic carbocycles. The number of fused-ring (bicyclic) bond motifs is 4. The first kappa shape index (κ1) is 23.0. The monoisotopic (exact) mass is 468 g/mol. The van der Waals surface area contributed by atoms with E-state index in [0.717, 1.165) is 53.6 Å². The van der Waals surface area contributed by atoms with Gasteiger partial charge >= 0.3 is 6.03 Å². The van der Waals surface area contributed by atoms with Gasteiger partial charge in [-0.05, 0) is 44.4 Å². The number of nitrogens with zero attached hydrogens (tertiary/aromatic N) is 2. The normalized spacial score (nSPS) is 22.1. The van der Waals surface area contributed by atoms with Crippen molar-refractivity contribution in [3.05, 3.63) is 29.5 Å². The van der Waals surface area contributed by atoms with Crippen LogP contribution in [0.15, 0.2) is 18.2 Å². The number of H-pyrrole nitrogens is 1. The predicted octanol–water partition coefficient (Wildman–Crippen LogP) is 3.30. The van der Waals surface area contributed by atoms with Gasteiger partial charge in [-0.15, -0.1) is 0 Å². The summed E-state index contributed by atoms with van der Waals surface area (Å²) in [7, 11) is 1.64. The van der Waals surface area contributed by atoms with Gasteiger partial charge in [0.1, 0.15) is 5.75 Å². The average Bonchev–Trinajstić information content (AvgIpc) is 3.20. The van der Waals surface area contributed by atoms with E-state index in [4.69, 9.17) is 4.74 Å². The van der Waals surface area contributed by atoms with Crippen LogP contribution in [0.2, 0.25) is 0 Å². The van der Waals surface area contributed by atoms with E-state index in [9.17, 15) is 14.7 Å². The van der Waals surface area contributed by atoms with Crippen molar-refractivity contribution in [2.45, 2.75) is 63.5 Å². The molecule has 1 spiro atoms. The van der Waals surface area contributed by atoms with Gasteiger partial charge in [0.25, 0.3) is 0 Å². The fourth-order valence-corrected chi connectivity index (χ4v) is 6.26. The van der Waals surface area contributed by atoms with Crippen molar-refractivity contribution in [1.29, 1.82) is 0 Å². The van der Waals surface area contributed by atoms with E-state index in [-0.39, 0.29) is 35.9 Å². The van der Waals surface area contributed by atoms with Gasteiger partial charge in [-0.25, -0.2) is 4.79 Å². The number of benzene rings is 1. The minimum atomic E-state index is -0.471. The molecule has 184 valence electrons. The number of amides is 3. The molecular formula is C26H36N4O4. The maximum Gasteiger partial charge on any atom is 0.318 e. The summed E-state index contributed by atoms with van der Waals surface area (Å²) in [5.41, 5.74) is 2.56. The SMILES string of the molecule is COc1ccc2c3c([nH]c2c1)[C@@H](CO)N(C(=O)NC(C)C)CC31CN(C(=O)C2CCCCC2)C1. The van der Waals surface area contributed by atoms with Crippen LogP contribution >= 0.6 is 0 Å². The Kier molecular flexibility index (Phi) is 5.96. The van der Waals surface area contributed by atoms with Gasteiger partial charge in [0, 0.05) is 54.3 Å². The molecule has 1 aliphatic carbocycles. The van der Waals surface area contributed by atoms with Crippen molar-refractivity contribution >= 4 is 22.8 Å². The van der Waals surface area contributed by atoms with E-state index in [0.29, 0.717) is 19.6 Å². The molecule has 1 saturated carbocycles. The molecule has 5 rings (SSSR count). The van der Waals surface area contributed by atoms with Crippen LogP contribution in [0.3, 0.4) is 0 Å². The second-order valence-electron chi connectivity index (χ2n) is 10.6. The van der Waals surface area contributed by atoms with Crippen LogP contribution in [-0.2, 0) is 10.2 Å². The Balaban J connectivity index is 1.53. The Morgan fingerprint density at radius 2 is 1.94 bits per heavy atom. The lowest BCUT2D eigenvalue weighted by Gasteiger charge is -2.56. The highest BCUT2D eigenvalue weighted by Gasteiger charge is 2.55. The fourth-order valence-electron chi connectivity index (χ4n) is 6.26. The van der Waals surface area contributed by atoms with Gasteiger partial charge in [0.2, 0.25) is 5.91 Å². The first-order valence-electron chi connectivity index (χ1n) is 12.5. The van der Waals surface area contributed by atoms with E-state index >= 15 is 0 Å². The smallest absolute Gasteiger partial charge is 0.318 e. The summed E-state index contributed by atoms with van der Waals surface area (Å²) in [6, 6.07) is 5.28. The molecule has 34 heavy (non-hydrogen) atoms. The Morgan fingerprint density at radius 3 is 2.59 bits per heavy atom. The molecule has 0 radical (unpaired) electrons. The highest BCUT2D eigenvalue weighted by atomic mass is 16.5. The van der Waals surface area contributed by atoms with Crippen molar-refractivity contribution in [1.82, 2.24) is 20.1 Å². The van der Waals surface area contributed by atoms with Crippen LogP contribution in [0, 0.1) is 5.92 Å². The minimum absolute atomic E-state index is 0.0121. The topological polar surface area (TPSA) is 97.9 Å². The fraction of sp³-hybridized carbons (Fsp3) is 0.615. The lowest BCUT2D eigenvalue weighted by molar-refractivity contribution is -0.145. The summed E-state index contributed by atoms with van der Waals surface area (Å²) in [5, 5.41) is 14.4. The number of aromatic amines is 1. The van der Waals surface area contributed by atoms with Crippen LogP contribution in [0.25, 0.3) is 10.9 Å². The minimum Gasteiger partial charge on any atom is -0.497 e. The summed E-state index contributed by atoms with van der Waals surface area (Å²) in [6.45, 7) is 5.34. The van der Waals surface area contributed by atoms with Crippen molar-refractivity contribution in [2.24, 2.45) is 5.92 Å². The quantitative estimate of drug-likeness (QED) is 0.641. The third-order valence-corrected chi connectivity index (χ3v) is 7.85. The number of methoxy groups -OCH3 is 1. The van der Waals surface area contributed by atoms with Crippen molar-refractivity contribution in [3.8, 4) is 5.75 Å². The average molecular weight is 469 g/mol. The Labute approximate surface area is 200 Å². The Bertz CT molecular complexity index is 1080. The van der Waals surface area contributed by atoms with Gasteiger partial charge < -0.3 is 29.9 Å². The maximum atomic E-state index is 13.3. The summed E-state index contributed by atoms with van der Waals surface area (Å²) in [4.78, 5) is 33.7. The maximum absolute atomic E-state index is 13.3. The van der Waals surface area contributed by atoms with Gasteiger partial charge in [-0.3, -0.25) is 4.79 Å². The summed E-state index contributed by atoms with van der Waals surface area (Å²) in [6.07, 6.45) is 5.45. The molecule has 1 aromatic heterocycles. The molecule has 1 saturated heterocycles. The molecule has 2 aromatic rings. The van der Waals surface area contributed by atoms with Crippen molar-refractivity contribution < 1.29 is 19.4 Å². The molecule has 3 aliphatic rings. The molecule has 2 aliphatic heterocycles. The zero-order valence-electron chi connectivity index (χ0n) is 20.4. The molecule has 8 nitrogen and oxygen atoms in total. The number of likely N-dealkylation sites (tertiary alicyclic amines) is 1. The number of urea groups is 1. The number of ether oxygens (including phenoxy) is 1. The molecular weight excluding hydrogens is 432 g/mol. The third-order valence-electron chi connectivity index (χ3n) is 7.85. The highest BCUT2D eigenvalue weighted by molar-refractivity contribution is 5.90. The Morgan fingerprint density at radius 1 is 1.21 bits per heavy atom. The lowest BCUT2D eigenvalue weighted by atomic mass is 9.68. The van der Waals surface area contributed by atoms with E-state index in [2.05, 4.69) is 16.4 Å². The number of rotatable bonds is 4. The Hall–Kier alpha value is -2.74. The number of hydrogen-bond donors (Lipinski definition) is 3. The van der Waals surface area contributed by atoms with Crippen LogP contribution in [0.4, 0.5) is 4.79 Å². The van der Waals surface area contributed by atoms with Gasteiger partial charge in [0.15, 0.2) is 0 Å². The molecule has 8 heteroatoms. The number of aliphatic hydroxyl groups excluding tert-OH is 1. The zero-order valence-corrected chi connectivity index (χ0v) is 20.4. The number of carbonyl (C=O) groups excluding carboxylic acids is 2. The third kappa shape index (κ3) is 3.72. The number of aliphatic hydroxyl groups is 1. The first-order chi connectivity index (χ1) is 16.4. The standard InChI is InChI=1S/C26H36N4O4/c1-16(2)27-25(33)30-15-26(13-29(14-26)24(32)17-7-5-4-6-8-17)22-19-10-9-18(34-3)11-20(19)28-23(22)21(30)12-31/h9-11,16-17,21,28,31H,4-8,12-15H2,1-3H3,(H,27,33)/t21-/m1/s1. The van der Waals surface area contributed by atoms with E-state index in [1.807, 2.05) is 30.9 Å². The van der Waals surface area contributed by atoms with Gasteiger partial charge in [-0.2, -0.15) is 0 Å². The molecule has 2 fully saturated rings. The molecule has 3 heterocycles. The van der Waals surface area contributed by atoms with Crippen LogP contribution in [0.1, 0.15) is 63.3 Å². The number of nitrogens with one attached hydrogen (secondary N) is 2. The second-order valence-corrected chi connectivity index (χ2v) is 10.6. The van der Waals surface area contributed by atoms with Gasteiger partial charge in [0.05, 0.1) is 25.2 Å². The first-order valence-corrected chi connectivity index (χ1v) is 12.5. The molecule has 1 atom stereocenters. The van der Waals surface area contributed by atoms with Gasteiger partial charge in [-0.1, -0.05) is 19.3 Å². The predicted molar refractivity (Wildman–Crippen MR) is 130 cm³/mol. The van der Waals surface area contributed by atoms with E-state index in [1.165, 1.54) is 6.42 Å². The van der Waals surface area contributed by atoms with Crippen molar-refractivity contribution in [3.63, 3.8) is 0 Å². The number of hydrogen-bond acceptors (Lipinski definition) is 4. The highest BCUT2D eigenvalue weighted by Crippen LogP contribution is 2.49. The number of aromatic nitrogens is 1. The van der Waals surface area contributed by atoms with E-state index in [1.54, 1.807) is 12.0 Å².